The first kappa shape index (κ1) is 13.6. The molecule has 21 heavy (non-hydrogen) atoms. The Morgan fingerprint density at radius 3 is 2.67 bits per heavy atom. The second-order valence-corrected chi connectivity index (χ2v) is 5.82. The maximum absolute atomic E-state index is 12.3. The molecule has 3 aromatic rings. The van der Waals surface area contributed by atoms with E-state index in [2.05, 4.69) is 11.4 Å². The fraction of sp³-hybridized carbons (Fsp3) is 0. The van der Waals surface area contributed by atoms with E-state index in [0.29, 0.717) is 21.2 Å². The van der Waals surface area contributed by atoms with Crippen molar-refractivity contribution in [3.8, 4) is 6.07 Å². The van der Waals surface area contributed by atoms with E-state index in [0.717, 1.165) is 10.1 Å². The van der Waals surface area contributed by atoms with Crippen LogP contribution in [0.15, 0.2) is 48.5 Å². The fourth-order valence-corrected chi connectivity index (χ4v) is 3.44. The Morgan fingerprint density at radius 2 is 1.95 bits per heavy atom. The molecule has 0 radical (unpaired) electrons. The summed E-state index contributed by atoms with van der Waals surface area (Å²) in [5.41, 5.74) is 1.27. The average molecular weight is 313 g/mol. The van der Waals surface area contributed by atoms with Crippen LogP contribution in [0.1, 0.15) is 15.2 Å². The van der Waals surface area contributed by atoms with E-state index in [-0.39, 0.29) is 5.91 Å². The van der Waals surface area contributed by atoms with Crippen LogP contribution in [0, 0.1) is 11.3 Å². The van der Waals surface area contributed by atoms with Crippen molar-refractivity contribution in [2.24, 2.45) is 0 Å². The molecule has 0 aliphatic heterocycles. The molecule has 2 aromatic carbocycles. The van der Waals surface area contributed by atoms with Gasteiger partial charge in [-0.15, -0.1) is 11.3 Å². The average Bonchev–Trinajstić information content (AvgIpc) is 2.85. The number of anilines is 1. The number of hydrogen-bond donors (Lipinski definition) is 1. The summed E-state index contributed by atoms with van der Waals surface area (Å²) in [6.45, 7) is 0. The minimum atomic E-state index is -0.245. The highest BCUT2D eigenvalue weighted by Crippen LogP contribution is 2.36. The molecule has 1 N–H and O–H groups in total. The number of nitriles is 1. The second-order valence-electron chi connectivity index (χ2n) is 4.39. The van der Waals surface area contributed by atoms with Crippen molar-refractivity contribution in [2.75, 3.05) is 5.32 Å². The van der Waals surface area contributed by atoms with Gasteiger partial charge in [-0.3, -0.25) is 4.79 Å². The predicted octanol–water partition coefficient (Wildman–Crippen LogP) is 4.68. The molecule has 1 heterocycles. The Balaban J connectivity index is 1.99. The summed E-state index contributed by atoms with van der Waals surface area (Å²) < 4.78 is 0.831. The number of carbonyl (C=O) groups excluding carboxylic acids is 1. The van der Waals surface area contributed by atoms with Crippen LogP contribution in [-0.4, -0.2) is 5.91 Å². The van der Waals surface area contributed by atoms with E-state index < -0.39 is 0 Å². The van der Waals surface area contributed by atoms with Crippen LogP contribution in [0.3, 0.4) is 0 Å². The number of para-hydroxylation sites is 1. The van der Waals surface area contributed by atoms with Crippen molar-refractivity contribution >= 4 is 44.6 Å². The third-order valence-electron chi connectivity index (χ3n) is 3.00. The number of benzene rings is 2. The molecule has 0 unspecified atom stereocenters. The summed E-state index contributed by atoms with van der Waals surface area (Å²) in [5, 5.41) is 12.9. The van der Waals surface area contributed by atoms with Gasteiger partial charge in [-0.05, 0) is 24.3 Å². The number of halogens is 1. The first-order valence-electron chi connectivity index (χ1n) is 6.17. The van der Waals surface area contributed by atoms with Crippen LogP contribution >= 0.6 is 22.9 Å². The third kappa shape index (κ3) is 2.62. The molecular weight excluding hydrogens is 304 g/mol. The quantitative estimate of drug-likeness (QED) is 0.747. The number of nitrogens with one attached hydrogen (secondary N) is 1. The van der Waals surface area contributed by atoms with Gasteiger partial charge in [0, 0.05) is 15.8 Å². The lowest BCUT2D eigenvalue weighted by molar-refractivity contribution is 0.103. The lowest BCUT2D eigenvalue weighted by atomic mass is 10.2. The van der Waals surface area contributed by atoms with Crippen molar-refractivity contribution in [1.29, 1.82) is 5.26 Å². The fourth-order valence-electron chi connectivity index (χ4n) is 1.99. The molecule has 5 heteroatoms. The van der Waals surface area contributed by atoms with Gasteiger partial charge in [-0.25, -0.2) is 0 Å². The molecule has 0 fully saturated rings. The zero-order valence-corrected chi connectivity index (χ0v) is 12.3. The number of amides is 1. The Hall–Kier alpha value is -2.35. The van der Waals surface area contributed by atoms with Crippen molar-refractivity contribution in [1.82, 2.24) is 0 Å². The number of rotatable bonds is 2. The van der Waals surface area contributed by atoms with E-state index >= 15 is 0 Å². The van der Waals surface area contributed by atoms with E-state index in [1.807, 2.05) is 30.3 Å². The molecule has 0 aliphatic carbocycles. The molecule has 3 nitrogen and oxygen atoms in total. The largest absolute Gasteiger partial charge is 0.321 e. The van der Waals surface area contributed by atoms with Gasteiger partial charge in [-0.1, -0.05) is 35.9 Å². The first-order chi connectivity index (χ1) is 10.2. The van der Waals surface area contributed by atoms with Crippen LogP contribution in [0.25, 0.3) is 10.1 Å². The highest BCUT2D eigenvalue weighted by atomic mass is 35.5. The Bertz CT molecular complexity index is 865. The highest BCUT2D eigenvalue weighted by molar-refractivity contribution is 7.21. The van der Waals surface area contributed by atoms with Gasteiger partial charge in [0.15, 0.2) is 0 Å². The standard InChI is InChI=1S/C16H9ClN2OS/c17-14-12-7-6-10(9-18)8-13(12)21-15(14)16(20)19-11-4-2-1-3-5-11/h1-8H,(H,19,20). The summed E-state index contributed by atoms with van der Waals surface area (Å²) in [5.74, 6) is -0.245. The molecule has 1 amide bonds. The van der Waals surface area contributed by atoms with Crippen molar-refractivity contribution < 1.29 is 4.79 Å². The van der Waals surface area contributed by atoms with Gasteiger partial charge in [0.25, 0.3) is 5.91 Å². The van der Waals surface area contributed by atoms with Crippen molar-refractivity contribution in [3.05, 3.63) is 64.0 Å². The van der Waals surface area contributed by atoms with Gasteiger partial charge in [0.05, 0.1) is 16.7 Å². The summed E-state index contributed by atoms with van der Waals surface area (Å²) in [6, 6.07) is 16.5. The maximum atomic E-state index is 12.3. The van der Waals surface area contributed by atoms with Gasteiger partial charge in [0.1, 0.15) is 4.88 Å². The lowest BCUT2D eigenvalue weighted by Gasteiger charge is -2.03. The van der Waals surface area contributed by atoms with Crippen LogP contribution < -0.4 is 5.32 Å². The van der Waals surface area contributed by atoms with Crippen LogP contribution in [-0.2, 0) is 0 Å². The van der Waals surface area contributed by atoms with Crippen LogP contribution in [0.2, 0.25) is 5.02 Å². The van der Waals surface area contributed by atoms with E-state index in [9.17, 15) is 4.79 Å². The van der Waals surface area contributed by atoms with Gasteiger partial charge in [0.2, 0.25) is 0 Å². The van der Waals surface area contributed by atoms with Crippen molar-refractivity contribution in [2.45, 2.75) is 0 Å². The molecule has 0 saturated heterocycles. The summed E-state index contributed by atoms with van der Waals surface area (Å²) in [7, 11) is 0. The summed E-state index contributed by atoms with van der Waals surface area (Å²) >= 11 is 7.57. The number of thiophene rings is 1. The second kappa shape index (κ2) is 5.57. The Kier molecular flexibility index (Phi) is 3.61. The third-order valence-corrected chi connectivity index (χ3v) is 4.65. The smallest absolute Gasteiger partial charge is 0.267 e. The maximum Gasteiger partial charge on any atom is 0.267 e. The van der Waals surface area contributed by atoms with E-state index in [4.69, 9.17) is 16.9 Å². The normalized spacial score (nSPS) is 10.3. The zero-order chi connectivity index (χ0) is 14.8. The minimum Gasteiger partial charge on any atom is -0.321 e. The van der Waals surface area contributed by atoms with Crippen molar-refractivity contribution in [3.63, 3.8) is 0 Å². The molecule has 3 rings (SSSR count). The summed E-state index contributed by atoms with van der Waals surface area (Å²) in [6.07, 6.45) is 0. The number of carbonyl (C=O) groups is 1. The van der Waals surface area contributed by atoms with Gasteiger partial charge in [-0.2, -0.15) is 5.26 Å². The lowest BCUT2D eigenvalue weighted by Crippen LogP contribution is -2.10. The zero-order valence-electron chi connectivity index (χ0n) is 10.8. The SMILES string of the molecule is N#Cc1ccc2c(Cl)c(C(=O)Nc3ccccc3)sc2c1. The van der Waals surface area contributed by atoms with Gasteiger partial charge < -0.3 is 5.32 Å². The molecule has 1 aromatic heterocycles. The van der Waals surface area contributed by atoms with Crippen LogP contribution in [0.4, 0.5) is 5.69 Å². The molecular formula is C16H9ClN2OS. The van der Waals surface area contributed by atoms with E-state index in [1.54, 1.807) is 18.2 Å². The number of nitrogens with zero attached hydrogens (tertiary/aromatic N) is 1. The molecule has 102 valence electrons. The van der Waals surface area contributed by atoms with Crippen LogP contribution in [0.5, 0.6) is 0 Å². The molecule has 0 spiro atoms. The number of hydrogen-bond acceptors (Lipinski definition) is 3. The van der Waals surface area contributed by atoms with E-state index in [1.165, 1.54) is 11.3 Å². The summed E-state index contributed by atoms with van der Waals surface area (Å²) in [4.78, 5) is 12.8. The highest BCUT2D eigenvalue weighted by Gasteiger charge is 2.17. The Labute approximate surface area is 130 Å². The predicted molar refractivity (Wildman–Crippen MR) is 85.9 cm³/mol. The molecule has 0 aliphatic rings. The van der Waals surface area contributed by atoms with Gasteiger partial charge >= 0.3 is 0 Å². The minimum absolute atomic E-state index is 0.245. The molecule has 0 bridgehead atoms. The number of fused-ring (bicyclic) bond motifs is 1. The monoisotopic (exact) mass is 312 g/mol. The molecule has 0 saturated carbocycles. The Morgan fingerprint density at radius 1 is 1.19 bits per heavy atom. The first-order valence-corrected chi connectivity index (χ1v) is 7.37. The molecule has 0 atom stereocenters. The topological polar surface area (TPSA) is 52.9 Å².